The van der Waals surface area contributed by atoms with Crippen LogP contribution < -0.4 is 5.32 Å². The van der Waals surface area contributed by atoms with Gasteiger partial charge in [-0.25, -0.2) is 4.98 Å². The van der Waals surface area contributed by atoms with Gasteiger partial charge in [0.05, 0.1) is 17.5 Å². The predicted octanol–water partition coefficient (Wildman–Crippen LogP) is 3.22. The summed E-state index contributed by atoms with van der Waals surface area (Å²) in [4.78, 5) is 20.4. The van der Waals surface area contributed by atoms with E-state index in [1.165, 1.54) is 0 Å². The summed E-state index contributed by atoms with van der Waals surface area (Å²) in [5.74, 6) is -0.0408. The number of amides is 1. The molecule has 0 aliphatic carbocycles. The van der Waals surface area contributed by atoms with Gasteiger partial charge in [0.2, 0.25) is 5.91 Å². The van der Waals surface area contributed by atoms with Crippen LogP contribution in [0.25, 0.3) is 10.9 Å². The SMILES string of the molecule is O=C(CCn1ccnc1)Nc1cccc2cc(Br)cnc12. The van der Waals surface area contributed by atoms with Crippen LogP contribution in [0.4, 0.5) is 5.69 Å². The van der Waals surface area contributed by atoms with Crippen LogP contribution in [-0.4, -0.2) is 20.4 Å². The average Bonchev–Trinajstić information content (AvgIpc) is 2.98. The standard InChI is InChI=1S/C15H13BrN4O/c16-12-8-11-2-1-3-13(15(11)18-9-12)19-14(21)4-6-20-7-5-17-10-20/h1-3,5,7-10H,4,6H2,(H,19,21). The first-order valence-electron chi connectivity index (χ1n) is 6.52. The number of halogens is 1. The molecule has 0 bridgehead atoms. The molecule has 3 rings (SSSR count). The Bertz CT molecular complexity index is 770. The minimum absolute atomic E-state index is 0.0408. The van der Waals surface area contributed by atoms with Crippen LogP contribution in [-0.2, 0) is 11.3 Å². The molecule has 21 heavy (non-hydrogen) atoms. The zero-order valence-electron chi connectivity index (χ0n) is 11.2. The van der Waals surface area contributed by atoms with E-state index in [0.29, 0.717) is 13.0 Å². The third-order valence-electron chi connectivity index (χ3n) is 3.11. The first-order valence-corrected chi connectivity index (χ1v) is 7.31. The van der Waals surface area contributed by atoms with Crippen molar-refractivity contribution in [1.29, 1.82) is 0 Å². The Morgan fingerprint density at radius 2 is 2.29 bits per heavy atom. The molecule has 0 saturated carbocycles. The van der Waals surface area contributed by atoms with Crippen molar-refractivity contribution in [3.63, 3.8) is 0 Å². The predicted molar refractivity (Wildman–Crippen MR) is 84.9 cm³/mol. The Kier molecular flexibility index (Phi) is 3.96. The Balaban J connectivity index is 1.73. The van der Waals surface area contributed by atoms with Gasteiger partial charge in [-0.15, -0.1) is 0 Å². The number of aryl methyl sites for hydroxylation is 1. The van der Waals surface area contributed by atoms with Gasteiger partial charge in [-0.2, -0.15) is 0 Å². The average molecular weight is 345 g/mol. The lowest BCUT2D eigenvalue weighted by atomic mass is 10.2. The van der Waals surface area contributed by atoms with Crippen LogP contribution in [0.5, 0.6) is 0 Å². The van der Waals surface area contributed by atoms with Crippen LogP contribution in [0.3, 0.4) is 0 Å². The normalized spacial score (nSPS) is 10.7. The molecule has 5 nitrogen and oxygen atoms in total. The topological polar surface area (TPSA) is 59.8 Å². The number of rotatable bonds is 4. The number of anilines is 1. The second-order valence-electron chi connectivity index (χ2n) is 4.63. The molecule has 3 aromatic rings. The molecule has 0 unspecified atom stereocenters. The summed E-state index contributed by atoms with van der Waals surface area (Å²) in [7, 11) is 0. The van der Waals surface area contributed by atoms with Crippen molar-refractivity contribution in [2.75, 3.05) is 5.32 Å². The van der Waals surface area contributed by atoms with Gasteiger partial charge < -0.3 is 9.88 Å². The minimum Gasteiger partial charge on any atom is -0.337 e. The third-order valence-corrected chi connectivity index (χ3v) is 3.54. The van der Waals surface area contributed by atoms with Crippen molar-refractivity contribution < 1.29 is 4.79 Å². The summed E-state index contributed by atoms with van der Waals surface area (Å²) in [6, 6.07) is 7.71. The second-order valence-corrected chi connectivity index (χ2v) is 5.55. The molecule has 0 saturated heterocycles. The van der Waals surface area contributed by atoms with Crippen molar-refractivity contribution in [1.82, 2.24) is 14.5 Å². The summed E-state index contributed by atoms with van der Waals surface area (Å²) in [6.45, 7) is 0.607. The molecule has 1 N–H and O–H groups in total. The Morgan fingerprint density at radius 3 is 3.10 bits per heavy atom. The smallest absolute Gasteiger partial charge is 0.226 e. The molecule has 0 atom stereocenters. The number of nitrogens with zero attached hydrogens (tertiary/aromatic N) is 3. The number of aromatic nitrogens is 3. The van der Waals surface area contributed by atoms with Crippen LogP contribution in [0.1, 0.15) is 6.42 Å². The Labute approximate surface area is 130 Å². The molecule has 2 heterocycles. The largest absolute Gasteiger partial charge is 0.337 e. The van der Waals surface area contributed by atoms with Crippen LogP contribution >= 0.6 is 15.9 Å². The van der Waals surface area contributed by atoms with Gasteiger partial charge in [-0.3, -0.25) is 9.78 Å². The van der Waals surface area contributed by atoms with E-state index in [4.69, 9.17) is 0 Å². The first kappa shape index (κ1) is 13.8. The fourth-order valence-corrected chi connectivity index (χ4v) is 2.45. The molecule has 106 valence electrons. The van der Waals surface area contributed by atoms with E-state index < -0.39 is 0 Å². The summed E-state index contributed by atoms with van der Waals surface area (Å²) in [5.41, 5.74) is 1.52. The maximum Gasteiger partial charge on any atom is 0.226 e. The maximum atomic E-state index is 12.0. The van der Waals surface area contributed by atoms with Crippen molar-refractivity contribution in [3.05, 3.63) is 53.7 Å². The molecular formula is C15H13BrN4O. The highest BCUT2D eigenvalue weighted by Gasteiger charge is 2.07. The van der Waals surface area contributed by atoms with E-state index in [0.717, 1.165) is 21.1 Å². The van der Waals surface area contributed by atoms with E-state index in [1.54, 1.807) is 18.7 Å². The molecule has 0 spiro atoms. The molecule has 6 heteroatoms. The molecule has 0 aliphatic heterocycles. The number of benzene rings is 1. The highest BCUT2D eigenvalue weighted by Crippen LogP contribution is 2.23. The number of pyridine rings is 1. The number of carbonyl (C=O) groups excluding carboxylic acids is 1. The molecule has 1 aromatic carbocycles. The lowest BCUT2D eigenvalue weighted by Gasteiger charge is -2.08. The van der Waals surface area contributed by atoms with Gasteiger partial charge in [0.25, 0.3) is 0 Å². The van der Waals surface area contributed by atoms with Gasteiger partial charge in [0, 0.05) is 41.4 Å². The van der Waals surface area contributed by atoms with E-state index in [1.807, 2.05) is 35.0 Å². The summed E-state index contributed by atoms with van der Waals surface area (Å²) >= 11 is 3.40. The van der Waals surface area contributed by atoms with Gasteiger partial charge in [-0.05, 0) is 28.1 Å². The first-order chi connectivity index (χ1) is 10.2. The lowest BCUT2D eigenvalue weighted by Crippen LogP contribution is -2.14. The van der Waals surface area contributed by atoms with E-state index in [2.05, 4.69) is 31.2 Å². The number of carbonyl (C=O) groups is 1. The maximum absolute atomic E-state index is 12.0. The van der Waals surface area contributed by atoms with Gasteiger partial charge in [-0.1, -0.05) is 12.1 Å². The number of imidazole rings is 1. The zero-order chi connectivity index (χ0) is 14.7. The number of para-hydroxylation sites is 1. The van der Waals surface area contributed by atoms with Gasteiger partial charge in [0.15, 0.2) is 0 Å². The summed E-state index contributed by atoms with van der Waals surface area (Å²) < 4.78 is 2.79. The molecular weight excluding hydrogens is 332 g/mol. The van der Waals surface area contributed by atoms with Crippen LogP contribution in [0.15, 0.2) is 53.7 Å². The number of fused-ring (bicyclic) bond motifs is 1. The number of hydrogen-bond acceptors (Lipinski definition) is 3. The monoisotopic (exact) mass is 344 g/mol. The molecule has 1 amide bonds. The fraction of sp³-hybridized carbons (Fsp3) is 0.133. The zero-order valence-corrected chi connectivity index (χ0v) is 12.7. The third kappa shape index (κ3) is 3.28. The highest BCUT2D eigenvalue weighted by atomic mass is 79.9. The van der Waals surface area contributed by atoms with E-state index in [9.17, 15) is 4.79 Å². The van der Waals surface area contributed by atoms with E-state index in [-0.39, 0.29) is 5.91 Å². The molecule has 0 fully saturated rings. The quantitative estimate of drug-likeness (QED) is 0.790. The van der Waals surface area contributed by atoms with Crippen molar-refractivity contribution in [2.24, 2.45) is 0 Å². The minimum atomic E-state index is -0.0408. The second kappa shape index (κ2) is 6.05. The van der Waals surface area contributed by atoms with E-state index >= 15 is 0 Å². The molecule has 0 aliphatic rings. The Morgan fingerprint density at radius 1 is 1.38 bits per heavy atom. The van der Waals surface area contributed by atoms with Gasteiger partial charge >= 0.3 is 0 Å². The van der Waals surface area contributed by atoms with Crippen molar-refractivity contribution >= 4 is 38.4 Å². The highest BCUT2D eigenvalue weighted by molar-refractivity contribution is 9.10. The van der Waals surface area contributed by atoms with Crippen molar-refractivity contribution in [3.8, 4) is 0 Å². The van der Waals surface area contributed by atoms with Gasteiger partial charge in [0.1, 0.15) is 0 Å². The van der Waals surface area contributed by atoms with Crippen LogP contribution in [0, 0.1) is 0 Å². The lowest BCUT2D eigenvalue weighted by molar-refractivity contribution is -0.116. The van der Waals surface area contributed by atoms with Crippen LogP contribution in [0.2, 0.25) is 0 Å². The fourth-order valence-electron chi connectivity index (χ4n) is 2.10. The van der Waals surface area contributed by atoms with Crippen molar-refractivity contribution in [2.45, 2.75) is 13.0 Å². The molecule has 2 aromatic heterocycles. The number of nitrogens with one attached hydrogen (secondary N) is 1. The molecule has 0 radical (unpaired) electrons. The summed E-state index contributed by atoms with van der Waals surface area (Å²) in [5, 5.41) is 3.90. The Hall–Kier alpha value is -2.21. The summed E-state index contributed by atoms with van der Waals surface area (Å²) in [6.07, 6.45) is 7.35. The number of hydrogen-bond donors (Lipinski definition) is 1.